The second-order valence-electron chi connectivity index (χ2n) is 11.4. The number of halogens is 1. The molecule has 41 heavy (non-hydrogen) atoms. The lowest BCUT2D eigenvalue weighted by molar-refractivity contribution is 0.0184. The lowest BCUT2D eigenvalue weighted by atomic mass is 9.76. The molecule has 3 aromatic rings. The van der Waals surface area contributed by atoms with Gasteiger partial charge < -0.3 is 24.3 Å². The van der Waals surface area contributed by atoms with Crippen molar-refractivity contribution in [1.82, 2.24) is 14.8 Å². The minimum absolute atomic E-state index is 0.00242. The van der Waals surface area contributed by atoms with Crippen LogP contribution in [-0.2, 0) is 22.9 Å². The Morgan fingerprint density at radius 3 is 2.51 bits per heavy atom. The van der Waals surface area contributed by atoms with E-state index in [9.17, 15) is 14.4 Å². The van der Waals surface area contributed by atoms with Gasteiger partial charge in [0, 0.05) is 49.9 Å². The van der Waals surface area contributed by atoms with E-state index in [0.29, 0.717) is 37.5 Å². The van der Waals surface area contributed by atoms with Gasteiger partial charge in [-0.3, -0.25) is 4.79 Å². The monoisotopic (exact) mass is 579 g/mol. The highest BCUT2D eigenvalue weighted by atomic mass is 35.5. The molecule has 1 aromatic heterocycles. The molecule has 0 spiro atoms. The van der Waals surface area contributed by atoms with E-state index in [1.807, 2.05) is 69.3 Å². The molecule has 0 radical (unpaired) electrons. The summed E-state index contributed by atoms with van der Waals surface area (Å²) in [6, 6.07) is 17.7. The van der Waals surface area contributed by atoms with Gasteiger partial charge in [0.15, 0.2) is 0 Å². The largest absolute Gasteiger partial charge is 0.453 e. The Morgan fingerprint density at radius 1 is 1.07 bits per heavy atom. The van der Waals surface area contributed by atoms with Crippen LogP contribution in [0.25, 0.3) is 11.1 Å². The van der Waals surface area contributed by atoms with Gasteiger partial charge in [-0.2, -0.15) is 0 Å². The highest BCUT2D eigenvalue weighted by molar-refractivity contribution is 6.31. The number of piperidine rings is 1. The van der Waals surface area contributed by atoms with Crippen LogP contribution in [0.2, 0.25) is 5.02 Å². The third kappa shape index (κ3) is 7.50. The third-order valence-corrected chi connectivity index (χ3v) is 7.73. The second kappa shape index (κ2) is 12.8. The SMILES string of the molecule is COC(=O)NCCc1ccccc1-c1ccc([C@H]2CN(C(=O)OC(C)(C)C)CC[C@@H]2c2ccn(C)c(=O)c2)c(Cl)c1. The Bertz CT molecular complexity index is 1460. The number of ether oxygens (including phenoxy) is 2. The molecule has 1 aliphatic heterocycles. The number of hydrogen-bond donors (Lipinski definition) is 1. The number of benzene rings is 2. The summed E-state index contributed by atoms with van der Waals surface area (Å²) >= 11 is 7.00. The van der Waals surface area contributed by atoms with Crippen LogP contribution in [0.15, 0.2) is 65.6 Å². The van der Waals surface area contributed by atoms with Gasteiger partial charge in [-0.1, -0.05) is 48.0 Å². The first-order chi connectivity index (χ1) is 19.5. The highest BCUT2D eigenvalue weighted by Crippen LogP contribution is 2.43. The number of carbonyl (C=O) groups excluding carboxylic acids is 2. The van der Waals surface area contributed by atoms with Gasteiger partial charge in [0.25, 0.3) is 5.56 Å². The van der Waals surface area contributed by atoms with Crippen LogP contribution in [0, 0.1) is 0 Å². The van der Waals surface area contributed by atoms with E-state index in [0.717, 1.165) is 27.8 Å². The van der Waals surface area contributed by atoms with Crippen LogP contribution in [0.1, 0.15) is 55.7 Å². The fourth-order valence-electron chi connectivity index (χ4n) is 5.34. The van der Waals surface area contributed by atoms with Crippen LogP contribution >= 0.6 is 11.6 Å². The molecular formula is C32H38ClN3O5. The van der Waals surface area contributed by atoms with Gasteiger partial charge in [0.2, 0.25) is 0 Å². The standard InChI is InChI=1S/C32H38ClN3O5/c1-32(2,3)41-31(39)36-17-14-25(23-13-16-35(4)29(37)19-23)27(20-36)26-11-10-22(18-28(26)33)24-9-7-6-8-21(24)12-15-34-30(38)40-5/h6-11,13,16,18-19,25,27H,12,14-15,17,20H2,1-5H3,(H,34,38)/t25-,27+/m1/s1. The number of aryl methyl sites for hydroxylation is 1. The van der Waals surface area contributed by atoms with E-state index in [4.69, 9.17) is 16.3 Å². The van der Waals surface area contributed by atoms with Crippen molar-refractivity contribution < 1.29 is 19.1 Å². The maximum Gasteiger partial charge on any atom is 0.410 e. The van der Waals surface area contributed by atoms with Gasteiger partial charge in [0.05, 0.1) is 7.11 Å². The number of methoxy groups -OCH3 is 1. The highest BCUT2D eigenvalue weighted by Gasteiger charge is 2.36. The van der Waals surface area contributed by atoms with E-state index in [1.54, 1.807) is 28.8 Å². The maximum atomic E-state index is 13.0. The fourth-order valence-corrected chi connectivity index (χ4v) is 5.66. The summed E-state index contributed by atoms with van der Waals surface area (Å²) in [5.74, 6) is -0.132. The summed E-state index contributed by atoms with van der Waals surface area (Å²) in [4.78, 5) is 38.8. The molecule has 2 amide bonds. The van der Waals surface area contributed by atoms with E-state index in [2.05, 4.69) is 10.1 Å². The van der Waals surface area contributed by atoms with Crippen LogP contribution in [0.4, 0.5) is 9.59 Å². The topological polar surface area (TPSA) is 89.9 Å². The molecule has 0 saturated carbocycles. The number of nitrogens with one attached hydrogen (secondary N) is 1. The second-order valence-corrected chi connectivity index (χ2v) is 11.8. The van der Waals surface area contributed by atoms with Crippen LogP contribution in [-0.4, -0.2) is 54.0 Å². The third-order valence-electron chi connectivity index (χ3n) is 7.40. The van der Waals surface area contributed by atoms with Crippen molar-refractivity contribution >= 4 is 23.8 Å². The molecular weight excluding hydrogens is 542 g/mol. The lowest BCUT2D eigenvalue weighted by Crippen LogP contribution is -2.44. The molecule has 0 aliphatic carbocycles. The molecule has 2 heterocycles. The average molecular weight is 580 g/mol. The van der Waals surface area contributed by atoms with Gasteiger partial charge in [-0.05, 0) is 79.5 Å². The van der Waals surface area contributed by atoms with E-state index in [1.165, 1.54) is 7.11 Å². The van der Waals surface area contributed by atoms with Crippen molar-refractivity contribution in [2.45, 2.75) is 51.0 Å². The molecule has 1 N–H and O–H groups in total. The normalized spacial score (nSPS) is 17.2. The van der Waals surface area contributed by atoms with E-state index < -0.39 is 11.7 Å². The summed E-state index contributed by atoms with van der Waals surface area (Å²) in [7, 11) is 3.07. The summed E-state index contributed by atoms with van der Waals surface area (Å²) in [5, 5.41) is 3.32. The summed E-state index contributed by atoms with van der Waals surface area (Å²) in [6.07, 6.45) is 2.26. The van der Waals surface area contributed by atoms with Gasteiger partial charge in [-0.15, -0.1) is 0 Å². The first kappa shape index (κ1) is 30.2. The summed E-state index contributed by atoms with van der Waals surface area (Å²) in [6.45, 7) is 6.95. The van der Waals surface area contributed by atoms with Crippen molar-refractivity contribution in [3.63, 3.8) is 0 Å². The van der Waals surface area contributed by atoms with Crippen LogP contribution in [0.3, 0.4) is 0 Å². The van der Waals surface area contributed by atoms with Gasteiger partial charge in [-0.25, -0.2) is 9.59 Å². The Morgan fingerprint density at radius 2 is 1.83 bits per heavy atom. The van der Waals surface area contributed by atoms with Crippen molar-refractivity contribution in [2.75, 3.05) is 26.7 Å². The number of aromatic nitrogens is 1. The first-order valence-corrected chi connectivity index (χ1v) is 14.2. The van der Waals surface area contributed by atoms with E-state index in [-0.39, 0.29) is 23.5 Å². The number of alkyl carbamates (subject to hydrolysis) is 1. The minimum atomic E-state index is -0.603. The molecule has 0 bridgehead atoms. The van der Waals surface area contributed by atoms with Crippen LogP contribution in [0.5, 0.6) is 0 Å². The number of nitrogens with zero attached hydrogens (tertiary/aromatic N) is 2. The molecule has 1 fully saturated rings. The smallest absolute Gasteiger partial charge is 0.410 e. The Balaban J connectivity index is 1.66. The average Bonchev–Trinajstić information content (AvgIpc) is 2.93. The summed E-state index contributed by atoms with van der Waals surface area (Å²) in [5.41, 5.74) is 4.22. The van der Waals surface area contributed by atoms with Crippen molar-refractivity contribution in [1.29, 1.82) is 0 Å². The van der Waals surface area contributed by atoms with Gasteiger partial charge >= 0.3 is 12.2 Å². The molecule has 4 rings (SSSR count). The number of rotatable bonds is 6. The zero-order valence-electron chi connectivity index (χ0n) is 24.3. The van der Waals surface area contributed by atoms with E-state index >= 15 is 0 Å². The number of carbonyl (C=O) groups is 2. The maximum absolute atomic E-state index is 13.0. The number of hydrogen-bond acceptors (Lipinski definition) is 5. The summed E-state index contributed by atoms with van der Waals surface area (Å²) < 4.78 is 11.9. The predicted molar refractivity (Wildman–Crippen MR) is 161 cm³/mol. The Labute approximate surface area is 246 Å². The Hall–Kier alpha value is -3.78. The van der Waals surface area contributed by atoms with Crippen LogP contribution < -0.4 is 10.9 Å². The number of pyridine rings is 1. The molecule has 9 heteroatoms. The molecule has 2 aromatic carbocycles. The molecule has 218 valence electrons. The first-order valence-electron chi connectivity index (χ1n) is 13.8. The fraction of sp³-hybridized carbons (Fsp3) is 0.406. The number of amides is 2. The minimum Gasteiger partial charge on any atom is -0.453 e. The lowest BCUT2D eigenvalue weighted by Gasteiger charge is -2.40. The van der Waals surface area contributed by atoms with Crippen molar-refractivity contribution in [2.24, 2.45) is 7.05 Å². The molecule has 8 nitrogen and oxygen atoms in total. The molecule has 2 atom stereocenters. The zero-order chi connectivity index (χ0) is 29.7. The quantitative estimate of drug-likeness (QED) is 0.380. The molecule has 0 unspecified atom stereocenters. The Kier molecular flexibility index (Phi) is 9.43. The number of likely N-dealkylation sites (tertiary alicyclic amines) is 1. The van der Waals surface area contributed by atoms with Crippen molar-refractivity contribution in [3.05, 3.63) is 92.9 Å². The van der Waals surface area contributed by atoms with Gasteiger partial charge in [0.1, 0.15) is 5.60 Å². The molecule has 1 saturated heterocycles. The zero-order valence-corrected chi connectivity index (χ0v) is 25.0. The van der Waals surface area contributed by atoms with Crippen molar-refractivity contribution in [3.8, 4) is 11.1 Å². The predicted octanol–water partition coefficient (Wildman–Crippen LogP) is 6.11. The molecule has 1 aliphatic rings.